The van der Waals surface area contributed by atoms with Crippen molar-refractivity contribution < 1.29 is 14.4 Å². The van der Waals surface area contributed by atoms with E-state index in [2.05, 4.69) is 27.3 Å². The summed E-state index contributed by atoms with van der Waals surface area (Å²) in [6.45, 7) is 4.32. The Labute approximate surface area is 215 Å². The van der Waals surface area contributed by atoms with E-state index in [9.17, 15) is 14.4 Å². The number of carbonyl (C=O) groups excluding carboxylic acids is 3. The van der Waals surface area contributed by atoms with Crippen LogP contribution in [-0.4, -0.2) is 33.9 Å². The fourth-order valence-electron chi connectivity index (χ4n) is 4.75. The first-order chi connectivity index (χ1) is 18.0. The van der Waals surface area contributed by atoms with Crippen LogP contribution < -0.4 is 10.6 Å². The first-order valence-electron chi connectivity index (χ1n) is 12.3. The first kappa shape index (κ1) is 24.1. The largest absolute Gasteiger partial charge is 0.340 e. The van der Waals surface area contributed by atoms with Crippen LogP contribution in [0.25, 0.3) is 17.0 Å². The van der Waals surface area contributed by atoms with Gasteiger partial charge in [-0.15, -0.1) is 0 Å². The van der Waals surface area contributed by atoms with Crippen molar-refractivity contribution in [1.29, 1.82) is 0 Å². The van der Waals surface area contributed by atoms with Gasteiger partial charge in [-0.3, -0.25) is 9.59 Å². The summed E-state index contributed by atoms with van der Waals surface area (Å²) in [5.41, 5.74) is 5.86. The third-order valence-corrected chi connectivity index (χ3v) is 6.69. The zero-order valence-corrected chi connectivity index (χ0v) is 20.8. The van der Waals surface area contributed by atoms with Gasteiger partial charge in [-0.25, -0.2) is 9.69 Å². The van der Waals surface area contributed by atoms with Crippen LogP contribution in [0.3, 0.4) is 0 Å². The topological polar surface area (TPSA) is 83.4 Å². The molecule has 1 aliphatic heterocycles. The lowest BCUT2D eigenvalue weighted by atomic mass is 10.1. The Kier molecular flexibility index (Phi) is 6.60. The monoisotopic (exact) mass is 492 g/mol. The number of benzene rings is 3. The molecule has 7 heteroatoms. The zero-order chi connectivity index (χ0) is 25.9. The number of hydrogen-bond donors (Lipinski definition) is 2. The molecule has 2 heterocycles. The van der Waals surface area contributed by atoms with E-state index in [0.29, 0.717) is 12.2 Å². The summed E-state index contributed by atoms with van der Waals surface area (Å²) in [7, 11) is 0. The number of rotatable bonds is 7. The molecule has 1 saturated heterocycles. The highest BCUT2D eigenvalue weighted by molar-refractivity contribution is 6.16. The SMILES string of the molecule is CCc1ccccc1NC(=O)CN1C(=O)N/C(=C/c2c(C)n(Cc3ccccc3)c3ccccc23)C1=O. The summed E-state index contributed by atoms with van der Waals surface area (Å²) in [5, 5.41) is 6.46. The average Bonchev–Trinajstić information content (AvgIpc) is 3.32. The van der Waals surface area contributed by atoms with Crippen LogP contribution >= 0.6 is 0 Å². The Hall–Kier alpha value is -4.65. The summed E-state index contributed by atoms with van der Waals surface area (Å²) in [6.07, 6.45) is 2.47. The van der Waals surface area contributed by atoms with Crippen molar-refractivity contribution in [3.8, 4) is 0 Å². The molecule has 3 aromatic carbocycles. The number of nitrogens with one attached hydrogen (secondary N) is 2. The smallest absolute Gasteiger partial charge is 0.329 e. The summed E-state index contributed by atoms with van der Waals surface area (Å²) < 4.78 is 2.20. The van der Waals surface area contributed by atoms with Crippen molar-refractivity contribution in [3.63, 3.8) is 0 Å². The number of aromatic nitrogens is 1. The molecule has 4 amide bonds. The Balaban J connectivity index is 1.41. The van der Waals surface area contributed by atoms with Crippen molar-refractivity contribution in [2.75, 3.05) is 11.9 Å². The number of hydrogen-bond acceptors (Lipinski definition) is 3. The number of urea groups is 1. The van der Waals surface area contributed by atoms with E-state index in [0.717, 1.165) is 44.6 Å². The van der Waals surface area contributed by atoms with Gasteiger partial charge in [0.2, 0.25) is 5.91 Å². The van der Waals surface area contributed by atoms with Gasteiger partial charge in [0.15, 0.2) is 0 Å². The second kappa shape index (κ2) is 10.1. The second-order valence-electron chi connectivity index (χ2n) is 9.03. The van der Waals surface area contributed by atoms with E-state index in [1.807, 2.05) is 80.6 Å². The predicted molar refractivity (Wildman–Crippen MR) is 145 cm³/mol. The fraction of sp³-hybridized carbons (Fsp3) is 0.167. The lowest BCUT2D eigenvalue weighted by Gasteiger charge is -2.13. The minimum absolute atomic E-state index is 0.150. The maximum atomic E-state index is 13.2. The molecule has 0 saturated carbocycles. The lowest BCUT2D eigenvalue weighted by molar-refractivity contribution is -0.127. The van der Waals surface area contributed by atoms with Crippen molar-refractivity contribution >= 4 is 40.5 Å². The van der Waals surface area contributed by atoms with Gasteiger partial charge in [-0.05, 0) is 42.7 Å². The predicted octanol–water partition coefficient (Wildman–Crippen LogP) is 5.09. The molecule has 186 valence electrons. The molecule has 0 unspecified atom stereocenters. The summed E-state index contributed by atoms with van der Waals surface area (Å²) in [6, 6.07) is 25.0. The highest BCUT2D eigenvalue weighted by Crippen LogP contribution is 2.29. The Bertz CT molecular complexity index is 1540. The minimum Gasteiger partial charge on any atom is -0.340 e. The molecule has 37 heavy (non-hydrogen) atoms. The van der Waals surface area contributed by atoms with Gasteiger partial charge in [0.05, 0.1) is 0 Å². The van der Waals surface area contributed by atoms with Crippen molar-refractivity contribution in [2.45, 2.75) is 26.8 Å². The molecule has 5 rings (SSSR count). The quantitative estimate of drug-likeness (QED) is 0.278. The minimum atomic E-state index is -0.610. The molecule has 0 aliphatic carbocycles. The van der Waals surface area contributed by atoms with Gasteiger partial charge in [0.25, 0.3) is 5.91 Å². The van der Waals surface area contributed by atoms with Crippen LogP contribution in [0.5, 0.6) is 0 Å². The second-order valence-corrected chi connectivity index (χ2v) is 9.03. The van der Waals surface area contributed by atoms with Crippen LogP contribution in [0.2, 0.25) is 0 Å². The summed E-state index contributed by atoms with van der Waals surface area (Å²) >= 11 is 0. The molecular weight excluding hydrogens is 464 g/mol. The van der Waals surface area contributed by atoms with Crippen molar-refractivity contribution in [2.24, 2.45) is 0 Å². The summed E-state index contributed by atoms with van der Waals surface area (Å²) in [4.78, 5) is 39.5. The number of anilines is 1. The fourth-order valence-corrected chi connectivity index (χ4v) is 4.75. The highest BCUT2D eigenvalue weighted by atomic mass is 16.2. The van der Waals surface area contributed by atoms with E-state index in [1.54, 1.807) is 6.08 Å². The molecule has 4 aromatic rings. The standard InChI is InChI=1S/C30H28N4O3/c1-3-22-13-7-9-15-25(22)31-28(35)19-34-29(36)26(32-30(34)37)17-24-20(2)33(18-21-11-5-4-6-12-21)27-16-10-8-14-23(24)27/h4-17H,3,18-19H2,1-2H3,(H,31,35)(H,32,37)/b26-17+. The number of nitrogens with zero attached hydrogens (tertiary/aromatic N) is 2. The number of carbonyl (C=O) groups is 3. The molecule has 1 aliphatic rings. The Morgan fingerprint density at radius 2 is 1.65 bits per heavy atom. The van der Waals surface area contributed by atoms with Gasteiger partial charge in [-0.2, -0.15) is 0 Å². The molecule has 0 radical (unpaired) electrons. The molecule has 0 atom stereocenters. The van der Waals surface area contributed by atoms with Crippen LogP contribution in [-0.2, 0) is 22.6 Å². The third-order valence-electron chi connectivity index (χ3n) is 6.69. The number of amides is 4. The van der Waals surface area contributed by atoms with Gasteiger partial charge in [-0.1, -0.05) is 73.7 Å². The van der Waals surface area contributed by atoms with Crippen molar-refractivity contribution in [1.82, 2.24) is 14.8 Å². The van der Waals surface area contributed by atoms with E-state index >= 15 is 0 Å². The lowest BCUT2D eigenvalue weighted by Crippen LogP contribution is -2.38. The molecule has 0 bridgehead atoms. The van der Waals surface area contributed by atoms with Crippen molar-refractivity contribution in [3.05, 3.63) is 107 Å². The molecule has 7 nitrogen and oxygen atoms in total. The number of para-hydroxylation sites is 2. The number of imide groups is 1. The molecular formula is C30H28N4O3. The van der Waals surface area contributed by atoms with Gasteiger partial charge < -0.3 is 15.2 Å². The Morgan fingerprint density at radius 1 is 0.946 bits per heavy atom. The normalized spacial score (nSPS) is 14.4. The van der Waals surface area contributed by atoms with E-state index in [-0.39, 0.29) is 12.2 Å². The first-order valence-corrected chi connectivity index (χ1v) is 12.3. The van der Waals surface area contributed by atoms with Gasteiger partial charge in [0, 0.05) is 34.4 Å². The Morgan fingerprint density at radius 3 is 2.43 bits per heavy atom. The highest BCUT2D eigenvalue weighted by Gasteiger charge is 2.35. The molecule has 0 spiro atoms. The summed E-state index contributed by atoms with van der Waals surface area (Å²) in [5.74, 6) is -0.954. The van der Waals surface area contributed by atoms with Crippen LogP contribution in [0.4, 0.5) is 10.5 Å². The van der Waals surface area contributed by atoms with Gasteiger partial charge >= 0.3 is 6.03 Å². The number of fused-ring (bicyclic) bond motifs is 1. The third kappa shape index (κ3) is 4.76. The van der Waals surface area contributed by atoms with E-state index in [1.165, 1.54) is 0 Å². The van der Waals surface area contributed by atoms with E-state index in [4.69, 9.17) is 0 Å². The molecule has 1 fully saturated rings. The zero-order valence-electron chi connectivity index (χ0n) is 20.8. The maximum absolute atomic E-state index is 13.2. The molecule has 2 N–H and O–H groups in total. The van der Waals surface area contributed by atoms with Crippen LogP contribution in [0, 0.1) is 6.92 Å². The van der Waals surface area contributed by atoms with E-state index < -0.39 is 17.8 Å². The average molecular weight is 493 g/mol. The van der Waals surface area contributed by atoms with Crippen LogP contribution in [0.1, 0.15) is 29.3 Å². The molecule has 1 aromatic heterocycles. The maximum Gasteiger partial charge on any atom is 0.329 e. The van der Waals surface area contributed by atoms with Gasteiger partial charge in [0.1, 0.15) is 12.2 Å². The number of aryl methyl sites for hydroxylation is 1. The van der Waals surface area contributed by atoms with Crippen LogP contribution in [0.15, 0.2) is 84.6 Å².